The second-order valence-corrected chi connectivity index (χ2v) is 9.24. The number of para-hydroxylation sites is 3. The minimum absolute atomic E-state index is 0.0938. The molecule has 36 heavy (non-hydrogen) atoms. The largest absolute Gasteiger partial charge is 0.465 e. The fraction of sp³-hybridized carbons (Fsp3) is 0.393. The van der Waals surface area contributed by atoms with E-state index in [0.717, 1.165) is 37.1 Å². The quantitative estimate of drug-likeness (QED) is 0.345. The second-order valence-electron chi connectivity index (χ2n) is 8.85. The number of thiocarbonyl (C=S) groups is 1. The van der Waals surface area contributed by atoms with Crippen LogP contribution >= 0.6 is 12.2 Å². The molecular weight excluding hydrogens is 474 g/mol. The van der Waals surface area contributed by atoms with Gasteiger partial charge < -0.3 is 19.3 Å². The van der Waals surface area contributed by atoms with Gasteiger partial charge in [-0.3, -0.25) is 4.90 Å². The lowest BCUT2D eigenvalue weighted by Crippen LogP contribution is -2.65. The van der Waals surface area contributed by atoms with E-state index in [1.807, 2.05) is 42.5 Å². The number of rotatable bonds is 9. The highest BCUT2D eigenvalue weighted by atomic mass is 32.1. The molecule has 2 aromatic rings. The Kier molecular flexibility index (Phi) is 7.64. The number of hydrogen-bond acceptors (Lipinski definition) is 7. The number of nitrogens with zero attached hydrogens (tertiary/aromatic N) is 3. The van der Waals surface area contributed by atoms with Crippen molar-refractivity contribution in [1.82, 2.24) is 0 Å². The van der Waals surface area contributed by atoms with E-state index in [1.165, 1.54) is 14.2 Å². The molecule has 2 aliphatic heterocycles. The van der Waals surface area contributed by atoms with Crippen molar-refractivity contribution >= 4 is 46.2 Å². The van der Waals surface area contributed by atoms with E-state index in [0.29, 0.717) is 23.8 Å². The second kappa shape index (κ2) is 10.7. The van der Waals surface area contributed by atoms with Crippen molar-refractivity contribution in [2.24, 2.45) is 0 Å². The van der Waals surface area contributed by atoms with Crippen LogP contribution in [0.1, 0.15) is 39.5 Å². The van der Waals surface area contributed by atoms with Crippen LogP contribution in [-0.2, 0) is 19.1 Å². The molecular formula is C28H33N3O4S. The van der Waals surface area contributed by atoms with E-state index in [2.05, 4.69) is 35.8 Å². The molecule has 0 radical (unpaired) electrons. The molecule has 0 bridgehead atoms. The summed E-state index contributed by atoms with van der Waals surface area (Å²) in [6, 6.07) is 17.5. The normalized spacial score (nSPS) is 16.1. The summed E-state index contributed by atoms with van der Waals surface area (Å²) >= 11 is 6.27. The van der Waals surface area contributed by atoms with Crippen LogP contribution in [0.3, 0.4) is 0 Å². The smallest absolute Gasteiger partial charge is 0.355 e. The van der Waals surface area contributed by atoms with E-state index in [-0.39, 0.29) is 11.3 Å². The summed E-state index contributed by atoms with van der Waals surface area (Å²) in [6.45, 7) is 5.55. The van der Waals surface area contributed by atoms with Crippen LogP contribution in [-0.4, -0.2) is 49.9 Å². The number of benzene rings is 2. The number of carbonyl (C=O) groups is 2. The summed E-state index contributed by atoms with van der Waals surface area (Å²) in [6.07, 6.45) is 3.68. The molecule has 2 aromatic carbocycles. The Labute approximate surface area is 218 Å². The molecule has 7 nitrogen and oxygen atoms in total. The third kappa shape index (κ3) is 3.84. The van der Waals surface area contributed by atoms with Gasteiger partial charge in [0.25, 0.3) is 0 Å². The van der Waals surface area contributed by atoms with Crippen molar-refractivity contribution in [2.45, 2.75) is 45.2 Å². The van der Waals surface area contributed by atoms with Gasteiger partial charge in [-0.2, -0.15) is 0 Å². The molecule has 0 aromatic heterocycles. The predicted molar refractivity (Wildman–Crippen MR) is 146 cm³/mol. The van der Waals surface area contributed by atoms with Crippen LogP contribution in [0.4, 0.5) is 17.1 Å². The summed E-state index contributed by atoms with van der Waals surface area (Å²) in [5.41, 5.74) is 1.71. The average molecular weight is 508 g/mol. The first-order valence-corrected chi connectivity index (χ1v) is 12.8. The Balaban J connectivity index is 2.09. The van der Waals surface area contributed by atoms with E-state index in [1.54, 1.807) is 4.90 Å². The van der Waals surface area contributed by atoms with Crippen molar-refractivity contribution in [3.8, 4) is 0 Å². The van der Waals surface area contributed by atoms with Crippen LogP contribution in [0.25, 0.3) is 0 Å². The van der Waals surface area contributed by atoms with E-state index in [4.69, 9.17) is 21.7 Å². The Morgan fingerprint density at radius 1 is 0.806 bits per heavy atom. The zero-order valence-electron chi connectivity index (χ0n) is 21.3. The molecule has 0 N–H and O–H groups in total. The predicted octanol–water partition coefficient (Wildman–Crippen LogP) is 5.06. The maximum absolute atomic E-state index is 13.7. The minimum atomic E-state index is -1.21. The Morgan fingerprint density at radius 3 is 1.78 bits per heavy atom. The Bertz CT molecular complexity index is 1150. The Hall–Kier alpha value is -3.39. The lowest BCUT2D eigenvalue weighted by Gasteiger charge is -2.44. The number of esters is 2. The topological polar surface area (TPSA) is 62.3 Å². The van der Waals surface area contributed by atoms with Gasteiger partial charge in [0.2, 0.25) is 5.66 Å². The summed E-state index contributed by atoms with van der Waals surface area (Å²) in [5, 5.41) is 0. The van der Waals surface area contributed by atoms with E-state index < -0.39 is 17.6 Å². The highest BCUT2D eigenvalue weighted by molar-refractivity contribution is 7.81. The van der Waals surface area contributed by atoms with Crippen molar-refractivity contribution in [2.75, 3.05) is 42.0 Å². The van der Waals surface area contributed by atoms with Crippen LogP contribution in [0.5, 0.6) is 0 Å². The van der Waals surface area contributed by atoms with E-state index in [9.17, 15) is 9.59 Å². The van der Waals surface area contributed by atoms with Gasteiger partial charge in [-0.25, -0.2) is 9.59 Å². The summed E-state index contributed by atoms with van der Waals surface area (Å²) in [4.78, 5) is 33.6. The summed E-state index contributed by atoms with van der Waals surface area (Å²) in [5.74, 6) is -1.24. The maximum atomic E-state index is 13.7. The molecule has 2 aliphatic rings. The average Bonchev–Trinajstić information content (AvgIpc) is 3.34. The standard InChI is InChI=1S/C28H33N3O4S/c1-5-7-18-29-21-16-12-13-17-22(21)30(19-8-6-2)28(29)23(25(32)34-3)24(26(33)35-4)31(27(28)36)20-14-10-9-11-15-20/h9-17H,5-8,18-19H2,1-4H3. The lowest BCUT2D eigenvalue weighted by molar-refractivity contribution is -0.139. The monoisotopic (exact) mass is 507 g/mol. The molecule has 0 aliphatic carbocycles. The number of carbonyl (C=O) groups excluding carboxylic acids is 2. The van der Waals surface area contributed by atoms with Crippen LogP contribution in [0.15, 0.2) is 65.9 Å². The van der Waals surface area contributed by atoms with E-state index >= 15 is 0 Å². The Morgan fingerprint density at radius 2 is 1.31 bits per heavy atom. The van der Waals surface area contributed by atoms with Crippen molar-refractivity contribution in [1.29, 1.82) is 0 Å². The molecule has 2 heterocycles. The van der Waals surface area contributed by atoms with Gasteiger partial charge in [0.05, 0.1) is 25.6 Å². The molecule has 4 rings (SSSR count). The first-order chi connectivity index (χ1) is 17.5. The molecule has 0 fully saturated rings. The molecule has 0 saturated heterocycles. The van der Waals surface area contributed by atoms with Gasteiger partial charge in [0.1, 0.15) is 16.3 Å². The summed E-state index contributed by atoms with van der Waals surface area (Å²) in [7, 11) is 2.65. The van der Waals surface area contributed by atoms with Crippen LogP contribution in [0.2, 0.25) is 0 Å². The van der Waals surface area contributed by atoms with Crippen LogP contribution < -0.4 is 14.7 Å². The third-order valence-electron chi connectivity index (χ3n) is 6.81. The number of fused-ring (bicyclic) bond motifs is 1. The highest BCUT2D eigenvalue weighted by Crippen LogP contribution is 2.54. The highest BCUT2D eigenvalue weighted by Gasteiger charge is 2.65. The summed E-state index contributed by atoms with van der Waals surface area (Å²) < 4.78 is 10.6. The first kappa shape index (κ1) is 25.7. The van der Waals surface area contributed by atoms with Gasteiger partial charge in [-0.05, 0) is 37.1 Å². The van der Waals surface area contributed by atoms with Gasteiger partial charge in [0, 0.05) is 18.8 Å². The minimum Gasteiger partial charge on any atom is -0.465 e. The van der Waals surface area contributed by atoms with Gasteiger partial charge in [-0.1, -0.05) is 69.2 Å². The maximum Gasteiger partial charge on any atom is 0.355 e. The van der Waals surface area contributed by atoms with Crippen LogP contribution in [0, 0.1) is 0 Å². The first-order valence-electron chi connectivity index (χ1n) is 12.4. The molecule has 0 unspecified atom stereocenters. The molecule has 0 atom stereocenters. The van der Waals surface area contributed by atoms with Gasteiger partial charge in [-0.15, -0.1) is 0 Å². The molecule has 190 valence electrons. The van der Waals surface area contributed by atoms with Crippen molar-refractivity contribution in [3.63, 3.8) is 0 Å². The number of anilines is 3. The van der Waals surface area contributed by atoms with Crippen molar-refractivity contribution in [3.05, 3.63) is 65.9 Å². The zero-order valence-corrected chi connectivity index (χ0v) is 22.1. The lowest BCUT2D eigenvalue weighted by atomic mass is 9.96. The number of ether oxygens (including phenoxy) is 2. The molecule has 0 amide bonds. The zero-order chi connectivity index (χ0) is 25.9. The van der Waals surface area contributed by atoms with Gasteiger partial charge in [0.15, 0.2) is 0 Å². The SMILES string of the molecule is CCCCN1c2ccccc2N(CCCC)C12C(=S)N(c1ccccc1)C(C(=O)OC)=C2C(=O)OC. The molecule has 0 saturated carbocycles. The number of unbranched alkanes of at least 4 members (excludes halogenated alkanes) is 2. The number of methoxy groups -OCH3 is 2. The molecule has 1 spiro atoms. The fourth-order valence-corrected chi connectivity index (χ4v) is 5.73. The number of hydrogen-bond donors (Lipinski definition) is 0. The van der Waals surface area contributed by atoms with Crippen molar-refractivity contribution < 1.29 is 19.1 Å². The third-order valence-corrected chi connectivity index (χ3v) is 7.28. The van der Waals surface area contributed by atoms with Gasteiger partial charge >= 0.3 is 11.9 Å². The molecule has 8 heteroatoms. The fourth-order valence-electron chi connectivity index (χ4n) is 5.21.